The van der Waals surface area contributed by atoms with E-state index in [9.17, 15) is 22.4 Å². The number of carbonyl (C=O) groups excluding carboxylic acids is 1. The van der Waals surface area contributed by atoms with Crippen molar-refractivity contribution in [1.29, 1.82) is 0 Å². The Morgan fingerprint density at radius 2 is 1.65 bits per heavy atom. The van der Waals surface area contributed by atoms with Gasteiger partial charge in [-0.1, -0.05) is 18.2 Å². The predicted octanol–water partition coefficient (Wildman–Crippen LogP) is 3.96. The maximum Gasteiger partial charge on any atom is 0.265 e. The Balaban J connectivity index is 2.18. The Morgan fingerprint density at radius 3 is 2.22 bits per heavy atom. The van der Waals surface area contributed by atoms with Gasteiger partial charge >= 0.3 is 0 Å². The lowest BCUT2D eigenvalue weighted by molar-refractivity contribution is -0.122. The minimum Gasteiger partial charge on any atom is -0.475 e. The topological polar surface area (TPSA) is 38.3 Å². The smallest absolute Gasteiger partial charge is 0.265 e. The number of nitrogens with one attached hydrogen (secondary N) is 1. The first-order valence-corrected chi connectivity index (χ1v) is 6.67. The maximum atomic E-state index is 13.5. The molecule has 1 unspecified atom stereocenters. The van der Waals surface area contributed by atoms with Crippen LogP contribution in [0.2, 0.25) is 0 Å². The van der Waals surface area contributed by atoms with E-state index in [-0.39, 0.29) is 6.07 Å². The quantitative estimate of drug-likeness (QED) is 0.682. The van der Waals surface area contributed by atoms with Crippen LogP contribution in [0, 0.1) is 30.2 Å². The fourth-order valence-corrected chi connectivity index (χ4v) is 1.83. The fourth-order valence-electron chi connectivity index (χ4n) is 1.83. The first-order valence-electron chi connectivity index (χ1n) is 6.67. The first kappa shape index (κ1) is 16.8. The molecule has 2 rings (SSSR count). The number of amides is 1. The molecule has 0 aromatic heterocycles. The largest absolute Gasteiger partial charge is 0.475 e. The highest BCUT2D eigenvalue weighted by molar-refractivity contribution is 5.94. The van der Waals surface area contributed by atoms with Crippen LogP contribution < -0.4 is 10.1 Å². The summed E-state index contributed by atoms with van der Waals surface area (Å²) in [6.45, 7) is 2.96. The number of para-hydroxylation sites is 1. The summed E-state index contributed by atoms with van der Waals surface area (Å²) in [5.74, 6) is -8.59. The number of halogens is 4. The molecule has 2 aromatic carbocycles. The molecule has 1 amide bonds. The molecule has 0 heterocycles. The molecule has 0 saturated carbocycles. The maximum absolute atomic E-state index is 13.5. The van der Waals surface area contributed by atoms with Crippen LogP contribution in [-0.4, -0.2) is 12.0 Å². The summed E-state index contributed by atoms with van der Waals surface area (Å²) in [7, 11) is 0. The second kappa shape index (κ2) is 6.68. The minimum atomic E-state index is -1.69. The van der Waals surface area contributed by atoms with Crippen molar-refractivity contribution < 1.29 is 27.1 Å². The second-order valence-electron chi connectivity index (χ2n) is 4.86. The molecule has 0 aliphatic rings. The molecule has 2 aromatic rings. The third-order valence-corrected chi connectivity index (χ3v) is 3.14. The van der Waals surface area contributed by atoms with Crippen molar-refractivity contribution in [3.8, 4) is 5.75 Å². The zero-order valence-corrected chi connectivity index (χ0v) is 12.3. The summed E-state index contributed by atoms with van der Waals surface area (Å²) in [6.07, 6.45) is -1.38. The van der Waals surface area contributed by atoms with Crippen molar-refractivity contribution in [2.75, 3.05) is 5.32 Å². The number of ether oxygens (including phenoxy) is 1. The third kappa shape index (κ3) is 3.61. The van der Waals surface area contributed by atoms with Gasteiger partial charge in [-0.2, -0.15) is 8.78 Å². The van der Waals surface area contributed by atoms with Gasteiger partial charge in [0.05, 0.1) is 0 Å². The highest BCUT2D eigenvalue weighted by Gasteiger charge is 2.25. The summed E-state index contributed by atoms with van der Waals surface area (Å²) in [6, 6.07) is 6.90. The van der Waals surface area contributed by atoms with E-state index in [4.69, 9.17) is 4.74 Å². The molecule has 0 spiro atoms. The first-order chi connectivity index (χ1) is 10.8. The van der Waals surface area contributed by atoms with E-state index in [0.29, 0.717) is 5.69 Å². The van der Waals surface area contributed by atoms with Gasteiger partial charge in [0.25, 0.3) is 5.91 Å². The number of anilines is 1. The molecule has 3 nitrogen and oxygen atoms in total. The lowest BCUT2D eigenvalue weighted by Gasteiger charge is -2.16. The van der Waals surface area contributed by atoms with Crippen LogP contribution in [0.1, 0.15) is 12.5 Å². The van der Waals surface area contributed by atoms with Gasteiger partial charge in [0.15, 0.2) is 23.5 Å². The van der Waals surface area contributed by atoms with Gasteiger partial charge in [0.1, 0.15) is 0 Å². The summed E-state index contributed by atoms with van der Waals surface area (Å²) >= 11 is 0. The zero-order chi connectivity index (χ0) is 17.1. The highest BCUT2D eigenvalue weighted by atomic mass is 19.2. The lowest BCUT2D eigenvalue weighted by atomic mass is 10.2. The number of hydrogen-bond acceptors (Lipinski definition) is 2. The van der Waals surface area contributed by atoms with Crippen LogP contribution in [0.3, 0.4) is 0 Å². The molecule has 0 aliphatic heterocycles. The number of hydrogen-bond donors (Lipinski definition) is 1. The van der Waals surface area contributed by atoms with Gasteiger partial charge < -0.3 is 10.1 Å². The predicted molar refractivity (Wildman–Crippen MR) is 76.2 cm³/mol. The summed E-state index contributed by atoms with van der Waals surface area (Å²) < 4.78 is 58.0. The number of carbonyl (C=O) groups is 1. The van der Waals surface area contributed by atoms with Gasteiger partial charge in [-0.05, 0) is 25.5 Å². The highest BCUT2D eigenvalue weighted by Crippen LogP contribution is 2.27. The average molecular weight is 327 g/mol. The molecule has 7 heteroatoms. The summed E-state index contributed by atoms with van der Waals surface area (Å²) in [5.41, 5.74) is 1.25. The Hall–Kier alpha value is -2.57. The summed E-state index contributed by atoms with van der Waals surface area (Å²) in [5, 5.41) is 2.50. The average Bonchev–Trinajstić information content (AvgIpc) is 2.51. The van der Waals surface area contributed by atoms with Gasteiger partial charge in [0, 0.05) is 11.8 Å². The lowest BCUT2D eigenvalue weighted by Crippen LogP contribution is -2.31. The molecule has 0 saturated heterocycles. The van der Waals surface area contributed by atoms with E-state index in [1.54, 1.807) is 31.2 Å². The van der Waals surface area contributed by atoms with Crippen LogP contribution in [0.15, 0.2) is 30.3 Å². The van der Waals surface area contributed by atoms with Crippen molar-refractivity contribution in [2.45, 2.75) is 20.0 Å². The Bertz CT molecular complexity index is 723. The van der Waals surface area contributed by atoms with Crippen LogP contribution >= 0.6 is 0 Å². The van der Waals surface area contributed by atoms with Crippen LogP contribution in [0.25, 0.3) is 0 Å². The zero-order valence-electron chi connectivity index (χ0n) is 12.3. The molecule has 1 N–H and O–H groups in total. The van der Waals surface area contributed by atoms with Crippen LogP contribution in [-0.2, 0) is 4.79 Å². The van der Waals surface area contributed by atoms with Gasteiger partial charge in [-0.3, -0.25) is 4.79 Å². The molecule has 122 valence electrons. The van der Waals surface area contributed by atoms with E-state index in [1.165, 1.54) is 6.92 Å². The molecule has 0 radical (unpaired) electrons. The molecule has 23 heavy (non-hydrogen) atoms. The van der Waals surface area contributed by atoms with Gasteiger partial charge in [0.2, 0.25) is 11.6 Å². The van der Waals surface area contributed by atoms with Crippen molar-refractivity contribution in [3.63, 3.8) is 0 Å². The fraction of sp³-hybridized carbons (Fsp3) is 0.188. The second-order valence-corrected chi connectivity index (χ2v) is 4.86. The molecular weight excluding hydrogens is 314 g/mol. The molecule has 0 fully saturated rings. The van der Waals surface area contributed by atoms with Crippen molar-refractivity contribution in [3.05, 3.63) is 59.2 Å². The van der Waals surface area contributed by atoms with E-state index in [0.717, 1.165) is 5.56 Å². The van der Waals surface area contributed by atoms with E-state index in [2.05, 4.69) is 5.32 Å². The van der Waals surface area contributed by atoms with Crippen molar-refractivity contribution in [2.24, 2.45) is 0 Å². The van der Waals surface area contributed by atoms with E-state index in [1.807, 2.05) is 0 Å². The minimum absolute atomic E-state index is 0.0651. The molecular formula is C16H13F4NO2. The Labute approximate surface area is 129 Å². The van der Waals surface area contributed by atoms with Gasteiger partial charge in [-0.25, -0.2) is 8.78 Å². The van der Waals surface area contributed by atoms with Crippen LogP contribution in [0.5, 0.6) is 5.75 Å². The van der Waals surface area contributed by atoms with Crippen molar-refractivity contribution in [1.82, 2.24) is 0 Å². The number of aryl methyl sites for hydroxylation is 1. The Morgan fingerprint density at radius 1 is 1.09 bits per heavy atom. The molecule has 0 aliphatic carbocycles. The summed E-state index contributed by atoms with van der Waals surface area (Å²) in [4.78, 5) is 12.0. The molecule has 1 atom stereocenters. The van der Waals surface area contributed by atoms with E-state index < -0.39 is 41.0 Å². The number of benzene rings is 2. The molecule has 0 bridgehead atoms. The standard InChI is InChI=1S/C16H13F4NO2/c1-8-5-3-4-6-12(8)21-16(22)9(2)23-15-13(19)10(17)7-11(18)14(15)20/h3-7,9H,1-2H3,(H,21,22). The van der Waals surface area contributed by atoms with Gasteiger partial charge in [-0.15, -0.1) is 0 Å². The van der Waals surface area contributed by atoms with Crippen LogP contribution in [0.4, 0.5) is 23.2 Å². The van der Waals surface area contributed by atoms with Crippen molar-refractivity contribution >= 4 is 11.6 Å². The van der Waals surface area contributed by atoms with E-state index >= 15 is 0 Å². The monoisotopic (exact) mass is 327 g/mol. The Kier molecular flexibility index (Phi) is 4.88. The SMILES string of the molecule is Cc1ccccc1NC(=O)C(C)Oc1c(F)c(F)cc(F)c1F. The number of rotatable bonds is 4. The normalized spacial score (nSPS) is 11.9. The third-order valence-electron chi connectivity index (χ3n) is 3.14.